The molecule has 0 unspecified atom stereocenters. The van der Waals surface area contributed by atoms with E-state index in [0.717, 1.165) is 29.8 Å². The number of aromatic nitrogens is 2. The van der Waals surface area contributed by atoms with Crippen molar-refractivity contribution in [3.8, 4) is 0 Å². The zero-order valence-corrected chi connectivity index (χ0v) is 13.6. The first-order valence-corrected chi connectivity index (χ1v) is 8.10. The minimum Gasteiger partial charge on any atom is -0.326 e. The Morgan fingerprint density at radius 1 is 1.47 bits per heavy atom. The number of hydrogen-bond acceptors (Lipinski definition) is 1. The van der Waals surface area contributed by atoms with Gasteiger partial charge in [-0.05, 0) is 53.3 Å². The summed E-state index contributed by atoms with van der Waals surface area (Å²) in [7, 11) is 0. The summed E-state index contributed by atoms with van der Waals surface area (Å²) in [4.78, 5) is 4.54. The maximum absolute atomic E-state index is 13.8. The Morgan fingerprint density at radius 2 is 2.21 bits per heavy atom. The monoisotopic (exact) mass is 392 g/mol. The molecule has 1 aromatic heterocycles. The van der Waals surface area contributed by atoms with Gasteiger partial charge in [-0.3, -0.25) is 0 Å². The molecule has 2 nitrogen and oxygen atoms in total. The van der Waals surface area contributed by atoms with Crippen molar-refractivity contribution in [2.45, 2.75) is 38.6 Å². The number of hydrogen-bond donors (Lipinski definition) is 0. The second kappa shape index (κ2) is 4.88. The van der Waals surface area contributed by atoms with Crippen molar-refractivity contribution in [3.63, 3.8) is 0 Å². The van der Waals surface area contributed by atoms with Crippen molar-refractivity contribution in [1.82, 2.24) is 9.55 Å². The third kappa shape index (κ3) is 2.37. The molecular weight excluding hydrogens is 378 g/mol. The van der Waals surface area contributed by atoms with Crippen molar-refractivity contribution in [3.05, 3.63) is 27.3 Å². The zero-order chi connectivity index (χ0) is 13.6. The van der Waals surface area contributed by atoms with Gasteiger partial charge < -0.3 is 4.57 Å². The molecule has 1 aromatic carbocycles. The Balaban J connectivity index is 2.12. The lowest BCUT2D eigenvalue weighted by Crippen LogP contribution is -2.13. The lowest BCUT2D eigenvalue weighted by molar-refractivity contribution is 0.409. The van der Waals surface area contributed by atoms with Gasteiger partial charge in [-0.2, -0.15) is 0 Å². The summed E-state index contributed by atoms with van der Waals surface area (Å²) in [5, 5.41) is 0. The number of nitrogens with zero attached hydrogens (tertiary/aromatic N) is 2. The van der Waals surface area contributed by atoms with E-state index in [9.17, 15) is 4.39 Å². The topological polar surface area (TPSA) is 17.8 Å². The summed E-state index contributed by atoms with van der Waals surface area (Å²) in [5.41, 5.74) is 2.09. The number of rotatable bonds is 4. The average molecular weight is 393 g/mol. The van der Waals surface area contributed by atoms with Gasteiger partial charge in [0.25, 0.3) is 0 Å². The number of fused-ring (bicyclic) bond motifs is 1. The van der Waals surface area contributed by atoms with Crippen LogP contribution in [0.4, 0.5) is 4.39 Å². The van der Waals surface area contributed by atoms with Gasteiger partial charge in [0.05, 0.1) is 20.5 Å². The molecule has 0 saturated heterocycles. The van der Waals surface area contributed by atoms with E-state index in [4.69, 9.17) is 11.6 Å². The standard InChI is InChI=1S/C14H15ClFIN2/c1-2-14(3-4-14)8-19-12-5-9(16)10(17)6-11(12)18-13(19)7-15/h5-6H,2-4,7-8H2,1H3. The second-order valence-corrected chi connectivity index (χ2v) is 6.79. The van der Waals surface area contributed by atoms with Crippen LogP contribution in [0.2, 0.25) is 0 Å². The van der Waals surface area contributed by atoms with Gasteiger partial charge >= 0.3 is 0 Å². The fraction of sp³-hybridized carbons (Fsp3) is 0.500. The van der Waals surface area contributed by atoms with Gasteiger partial charge in [-0.15, -0.1) is 11.6 Å². The Kier molecular flexibility index (Phi) is 3.50. The van der Waals surface area contributed by atoms with Gasteiger partial charge in [-0.1, -0.05) is 6.92 Å². The van der Waals surface area contributed by atoms with Gasteiger partial charge in [0.2, 0.25) is 0 Å². The van der Waals surface area contributed by atoms with Gasteiger partial charge in [0, 0.05) is 12.6 Å². The molecule has 0 N–H and O–H groups in total. The molecule has 102 valence electrons. The van der Waals surface area contributed by atoms with Crippen LogP contribution in [-0.2, 0) is 12.4 Å². The van der Waals surface area contributed by atoms with Crippen LogP contribution in [-0.4, -0.2) is 9.55 Å². The number of halogens is 3. The van der Waals surface area contributed by atoms with E-state index < -0.39 is 0 Å². The molecule has 1 aliphatic carbocycles. The lowest BCUT2D eigenvalue weighted by atomic mass is 10.0. The van der Waals surface area contributed by atoms with Gasteiger partial charge in [0.15, 0.2) is 0 Å². The molecule has 3 rings (SSSR count). The van der Waals surface area contributed by atoms with Crippen molar-refractivity contribution >= 4 is 45.2 Å². The predicted molar refractivity (Wildman–Crippen MR) is 83.9 cm³/mol. The molecule has 0 spiro atoms. The number of benzene rings is 1. The summed E-state index contributed by atoms with van der Waals surface area (Å²) in [6.45, 7) is 3.12. The summed E-state index contributed by atoms with van der Waals surface area (Å²) in [6.07, 6.45) is 3.65. The van der Waals surface area contributed by atoms with Crippen molar-refractivity contribution in [2.75, 3.05) is 0 Å². The molecule has 0 bridgehead atoms. The van der Waals surface area contributed by atoms with Crippen LogP contribution in [0, 0.1) is 14.8 Å². The molecule has 1 heterocycles. The fourth-order valence-corrected chi connectivity index (χ4v) is 3.24. The molecule has 0 aliphatic heterocycles. The summed E-state index contributed by atoms with van der Waals surface area (Å²) >= 11 is 7.99. The highest BCUT2D eigenvalue weighted by molar-refractivity contribution is 14.1. The Hall–Kier alpha value is -0.360. The van der Waals surface area contributed by atoms with E-state index in [1.165, 1.54) is 12.8 Å². The highest BCUT2D eigenvalue weighted by Crippen LogP contribution is 2.50. The highest BCUT2D eigenvalue weighted by Gasteiger charge is 2.41. The Labute approximate surface area is 130 Å². The Morgan fingerprint density at radius 3 is 2.79 bits per heavy atom. The van der Waals surface area contributed by atoms with Crippen LogP contribution in [0.5, 0.6) is 0 Å². The maximum atomic E-state index is 13.8. The van der Waals surface area contributed by atoms with E-state index in [0.29, 0.717) is 14.9 Å². The summed E-state index contributed by atoms with van der Waals surface area (Å²) in [5.74, 6) is 1.03. The van der Waals surface area contributed by atoms with Crippen LogP contribution in [0.25, 0.3) is 11.0 Å². The predicted octanol–water partition coefficient (Wildman–Crippen LogP) is 4.71. The van der Waals surface area contributed by atoms with E-state index >= 15 is 0 Å². The third-order valence-electron chi connectivity index (χ3n) is 4.19. The molecule has 2 aromatic rings. The maximum Gasteiger partial charge on any atom is 0.138 e. The van der Waals surface area contributed by atoms with Crippen LogP contribution in [0.15, 0.2) is 12.1 Å². The molecular formula is C14H15ClFIN2. The smallest absolute Gasteiger partial charge is 0.138 e. The van der Waals surface area contributed by atoms with E-state index in [-0.39, 0.29) is 5.82 Å². The SMILES string of the molecule is CCC1(Cn2c(CCl)nc3cc(I)c(F)cc32)CC1. The summed E-state index contributed by atoms with van der Waals surface area (Å²) in [6, 6.07) is 3.38. The van der Waals surface area contributed by atoms with Crippen molar-refractivity contribution in [2.24, 2.45) is 5.41 Å². The number of alkyl halides is 1. The van der Waals surface area contributed by atoms with E-state index in [1.807, 2.05) is 22.6 Å². The van der Waals surface area contributed by atoms with E-state index in [2.05, 4.69) is 16.5 Å². The normalized spacial score (nSPS) is 17.1. The molecule has 0 radical (unpaired) electrons. The average Bonchev–Trinajstić information content (AvgIpc) is 3.10. The minimum absolute atomic E-state index is 0.184. The second-order valence-electron chi connectivity index (χ2n) is 5.36. The van der Waals surface area contributed by atoms with Crippen molar-refractivity contribution < 1.29 is 4.39 Å². The molecule has 1 saturated carbocycles. The summed E-state index contributed by atoms with van der Waals surface area (Å²) < 4.78 is 16.5. The molecule has 5 heteroatoms. The van der Waals surface area contributed by atoms with E-state index in [1.54, 1.807) is 12.1 Å². The van der Waals surface area contributed by atoms with Crippen LogP contribution >= 0.6 is 34.2 Å². The van der Waals surface area contributed by atoms with Crippen LogP contribution in [0.1, 0.15) is 32.0 Å². The lowest BCUT2D eigenvalue weighted by Gasteiger charge is -2.16. The highest BCUT2D eigenvalue weighted by atomic mass is 127. The molecule has 19 heavy (non-hydrogen) atoms. The molecule has 0 amide bonds. The quantitative estimate of drug-likeness (QED) is 0.544. The molecule has 0 atom stereocenters. The minimum atomic E-state index is -0.184. The van der Waals surface area contributed by atoms with Gasteiger partial charge in [-0.25, -0.2) is 9.37 Å². The van der Waals surface area contributed by atoms with Crippen LogP contribution < -0.4 is 0 Å². The first-order chi connectivity index (χ1) is 9.08. The fourth-order valence-electron chi connectivity index (χ4n) is 2.58. The van der Waals surface area contributed by atoms with Gasteiger partial charge in [0.1, 0.15) is 11.6 Å². The van der Waals surface area contributed by atoms with Crippen LogP contribution in [0.3, 0.4) is 0 Å². The first-order valence-electron chi connectivity index (χ1n) is 6.49. The largest absolute Gasteiger partial charge is 0.326 e. The number of imidazole rings is 1. The molecule has 1 aliphatic rings. The Bertz CT molecular complexity index is 634. The zero-order valence-electron chi connectivity index (χ0n) is 10.7. The third-order valence-corrected chi connectivity index (χ3v) is 5.26. The van der Waals surface area contributed by atoms with Crippen molar-refractivity contribution in [1.29, 1.82) is 0 Å². The first kappa shape index (κ1) is 13.6. The molecule has 1 fully saturated rings.